The van der Waals surface area contributed by atoms with Gasteiger partial charge in [0.05, 0.1) is 17.5 Å². The van der Waals surface area contributed by atoms with Crippen LogP contribution in [0.15, 0.2) is 48.5 Å². The molecule has 8 heteroatoms. The lowest BCUT2D eigenvalue weighted by Crippen LogP contribution is -2.42. The van der Waals surface area contributed by atoms with Crippen molar-refractivity contribution >= 4 is 21.6 Å². The summed E-state index contributed by atoms with van der Waals surface area (Å²) in [5, 5.41) is 2.94. The first kappa shape index (κ1) is 21.0. The molecule has 0 aliphatic carbocycles. The maximum absolute atomic E-state index is 12.7. The summed E-state index contributed by atoms with van der Waals surface area (Å²) in [7, 11) is -3.67. The Hall–Kier alpha value is -2.74. The van der Waals surface area contributed by atoms with Crippen molar-refractivity contribution in [2.75, 3.05) is 29.8 Å². The second-order valence-electron chi connectivity index (χ2n) is 6.67. The number of hydrogen-bond donors (Lipinski definition) is 1. The quantitative estimate of drug-likeness (QED) is 0.713. The minimum absolute atomic E-state index is 0.120. The molecule has 29 heavy (non-hydrogen) atoms. The summed E-state index contributed by atoms with van der Waals surface area (Å²) < 4.78 is 37.6. The van der Waals surface area contributed by atoms with E-state index >= 15 is 0 Å². The number of anilines is 1. The van der Waals surface area contributed by atoms with Crippen LogP contribution in [0, 0.1) is 0 Å². The molecule has 1 aliphatic rings. The number of sulfonamides is 1. The van der Waals surface area contributed by atoms with Gasteiger partial charge in [0.1, 0.15) is 19.8 Å². The molecule has 0 unspecified atom stereocenters. The molecule has 1 aliphatic heterocycles. The number of nitrogens with one attached hydrogen (secondary N) is 1. The van der Waals surface area contributed by atoms with Gasteiger partial charge >= 0.3 is 0 Å². The maximum atomic E-state index is 12.7. The third-order valence-corrected chi connectivity index (χ3v) is 6.49. The van der Waals surface area contributed by atoms with E-state index in [2.05, 4.69) is 5.32 Å². The summed E-state index contributed by atoms with van der Waals surface area (Å²) in [6.45, 7) is 4.06. The molecule has 2 aromatic rings. The zero-order chi connectivity index (χ0) is 20.9. The summed E-state index contributed by atoms with van der Waals surface area (Å²) in [6, 6.07) is 14.3. The van der Waals surface area contributed by atoms with Crippen LogP contribution in [0.2, 0.25) is 0 Å². The molecule has 0 fully saturated rings. The lowest BCUT2D eigenvalue weighted by molar-refractivity contribution is -0.120. The average Bonchev–Trinajstić information content (AvgIpc) is 2.76. The number of hydrogen-bond acceptors (Lipinski definition) is 5. The molecule has 0 saturated heterocycles. The van der Waals surface area contributed by atoms with Crippen molar-refractivity contribution < 1.29 is 22.7 Å². The van der Waals surface area contributed by atoms with E-state index in [1.54, 1.807) is 25.1 Å². The van der Waals surface area contributed by atoms with Crippen LogP contribution in [-0.4, -0.2) is 39.8 Å². The third-order valence-electron chi connectivity index (χ3n) is 4.75. The van der Waals surface area contributed by atoms with E-state index in [1.165, 1.54) is 0 Å². The van der Waals surface area contributed by atoms with Crippen LogP contribution in [0.25, 0.3) is 0 Å². The van der Waals surface area contributed by atoms with Crippen LogP contribution < -0.4 is 19.1 Å². The molecule has 3 rings (SSSR count). The number of fused-ring (bicyclic) bond motifs is 1. The number of rotatable bonds is 8. The van der Waals surface area contributed by atoms with Crippen LogP contribution in [0.5, 0.6) is 11.5 Å². The van der Waals surface area contributed by atoms with Crippen molar-refractivity contribution in [2.45, 2.75) is 26.3 Å². The summed E-state index contributed by atoms with van der Waals surface area (Å²) in [5.41, 5.74) is 1.35. The van der Waals surface area contributed by atoms with Gasteiger partial charge in [-0.25, -0.2) is 8.42 Å². The number of carbonyl (C=O) groups is 1. The summed E-state index contributed by atoms with van der Waals surface area (Å²) in [4.78, 5) is 12.7. The van der Waals surface area contributed by atoms with Gasteiger partial charge < -0.3 is 14.8 Å². The molecule has 1 N–H and O–H groups in total. The first-order chi connectivity index (χ1) is 13.9. The third kappa shape index (κ3) is 5.00. The van der Waals surface area contributed by atoms with Gasteiger partial charge in [0, 0.05) is 6.07 Å². The SMILES string of the molecule is CC[C@@H](NC(=O)CN(c1ccc2c(c1)OCCO2)S(=O)(=O)CC)c1ccccc1. The van der Waals surface area contributed by atoms with Crippen molar-refractivity contribution in [1.29, 1.82) is 0 Å². The molecule has 2 aromatic carbocycles. The van der Waals surface area contributed by atoms with E-state index in [1.807, 2.05) is 37.3 Å². The number of amides is 1. The maximum Gasteiger partial charge on any atom is 0.241 e. The molecule has 1 amide bonds. The Morgan fingerprint density at radius 3 is 2.41 bits per heavy atom. The van der Waals surface area contributed by atoms with Crippen molar-refractivity contribution in [3.05, 3.63) is 54.1 Å². The second-order valence-corrected chi connectivity index (χ2v) is 8.86. The number of carbonyl (C=O) groups excluding carboxylic acids is 1. The Labute approximate surface area is 171 Å². The van der Waals surface area contributed by atoms with Gasteiger partial charge in [0.15, 0.2) is 11.5 Å². The summed E-state index contributed by atoms with van der Waals surface area (Å²) >= 11 is 0. The first-order valence-corrected chi connectivity index (χ1v) is 11.3. The predicted molar refractivity (Wildman–Crippen MR) is 112 cm³/mol. The molecule has 1 atom stereocenters. The van der Waals surface area contributed by atoms with E-state index < -0.39 is 10.0 Å². The first-order valence-electron chi connectivity index (χ1n) is 9.69. The van der Waals surface area contributed by atoms with E-state index in [-0.39, 0.29) is 24.2 Å². The van der Waals surface area contributed by atoms with Crippen LogP contribution in [-0.2, 0) is 14.8 Å². The molecule has 1 heterocycles. The highest BCUT2D eigenvalue weighted by Crippen LogP contribution is 2.34. The lowest BCUT2D eigenvalue weighted by atomic mass is 10.0. The summed E-state index contributed by atoms with van der Waals surface area (Å²) in [5.74, 6) is 0.548. The highest BCUT2D eigenvalue weighted by atomic mass is 32.2. The number of ether oxygens (including phenoxy) is 2. The fourth-order valence-corrected chi connectivity index (χ4v) is 4.23. The van der Waals surface area contributed by atoms with Crippen molar-refractivity contribution in [3.63, 3.8) is 0 Å². The Balaban J connectivity index is 1.82. The normalized spacial score (nSPS) is 14.1. The van der Waals surface area contributed by atoms with Gasteiger partial charge in [-0.15, -0.1) is 0 Å². The standard InChI is InChI=1S/C21H26N2O5S/c1-3-18(16-8-6-5-7-9-16)22-21(24)15-23(29(25,26)4-2)17-10-11-19-20(14-17)28-13-12-27-19/h5-11,14,18H,3-4,12-13,15H2,1-2H3,(H,22,24)/t18-/m1/s1. The molecular formula is C21H26N2O5S. The minimum atomic E-state index is -3.67. The fraction of sp³-hybridized carbons (Fsp3) is 0.381. The van der Waals surface area contributed by atoms with Crippen molar-refractivity contribution in [2.24, 2.45) is 0 Å². The monoisotopic (exact) mass is 418 g/mol. The largest absolute Gasteiger partial charge is 0.486 e. The van der Waals surface area contributed by atoms with Crippen molar-refractivity contribution in [1.82, 2.24) is 5.32 Å². The Kier molecular flexibility index (Phi) is 6.64. The van der Waals surface area contributed by atoms with Gasteiger partial charge in [-0.05, 0) is 31.0 Å². The van der Waals surface area contributed by atoms with Gasteiger partial charge in [-0.1, -0.05) is 37.3 Å². The van der Waals surface area contributed by atoms with Crippen LogP contribution in [0.3, 0.4) is 0 Å². The molecule has 0 spiro atoms. The smallest absolute Gasteiger partial charge is 0.241 e. The van der Waals surface area contributed by atoms with Crippen LogP contribution >= 0.6 is 0 Å². The van der Waals surface area contributed by atoms with E-state index in [9.17, 15) is 13.2 Å². The lowest BCUT2D eigenvalue weighted by Gasteiger charge is -2.26. The van der Waals surface area contributed by atoms with Gasteiger partial charge in [-0.2, -0.15) is 0 Å². The zero-order valence-corrected chi connectivity index (χ0v) is 17.4. The second kappa shape index (κ2) is 9.17. The fourth-order valence-electron chi connectivity index (χ4n) is 3.17. The zero-order valence-electron chi connectivity index (χ0n) is 16.6. The van der Waals surface area contributed by atoms with E-state index in [4.69, 9.17) is 9.47 Å². The Morgan fingerprint density at radius 1 is 1.07 bits per heavy atom. The Morgan fingerprint density at radius 2 is 1.76 bits per heavy atom. The topological polar surface area (TPSA) is 84.9 Å². The molecule has 0 saturated carbocycles. The van der Waals surface area contributed by atoms with Gasteiger partial charge in [-0.3, -0.25) is 9.10 Å². The minimum Gasteiger partial charge on any atom is -0.486 e. The highest BCUT2D eigenvalue weighted by molar-refractivity contribution is 7.92. The number of nitrogens with zero attached hydrogens (tertiary/aromatic N) is 1. The van der Waals surface area contributed by atoms with Crippen LogP contribution in [0.1, 0.15) is 31.9 Å². The Bertz CT molecular complexity index is 947. The molecular weight excluding hydrogens is 392 g/mol. The average molecular weight is 419 g/mol. The van der Waals surface area contributed by atoms with Crippen LogP contribution in [0.4, 0.5) is 5.69 Å². The van der Waals surface area contributed by atoms with Gasteiger partial charge in [0.2, 0.25) is 15.9 Å². The molecule has 156 valence electrons. The molecule has 7 nitrogen and oxygen atoms in total. The summed E-state index contributed by atoms with van der Waals surface area (Å²) in [6.07, 6.45) is 0.695. The number of benzene rings is 2. The van der Waals surface area contributed by atoms with Gasteiger partial charge in [0.25, 0.3) is 0 Å². The van der Waals surface area contributed by atoms with E-state index in [0.717, 1.165) is 9.87 Å². The predicted octanol–water partition coefficient (Wildman–Crippen LogP) is 2.88. The molecule has 0 bridgehead atoms. The van der Waals surface area contributed by atoms with Crippen molar-refractivity contribution in [3.8, 4) is 11.5 Å². The highest BCUT2D eigenvalue weighted by Gasteiger charge is 2.26. The molecule has 0 radical (unpaired) electrons. The molecule has 0 aromatic heterocycles. The van der Waals surface area contributed by atoms with E-state index in [0.29, 0.717) is 36.8 Å².